The summed E-state index contributed by atoms with van der Waals surface area (Å²) in [6.45, 7) is 1.88. The summed E-state index contributed by atoms with van der Waals surface area (Å²) in [5, 5.41) is 11.0. The Balaban J connectivity index is 1.61. The minimum absolute atomic E-state index is 0.0965. The average molecular weight is 360 g/mol. The molecule has 1 aromatic heterocycles. The van der Waals surface area contributed by atoms with E-state index in [1.54, 1.807) is 30.3 Å². The maximum Gasteiger partial charge on any atom is 0.250 e. The molecule has 2 aromatic carbocycles. The van der Waals surface area contributed by atoms with Crippen molar-refractivity contribution in [3.05, 3.63) is 64.8 Å². The van der Waals surface area contributed by atoms with Crippen molar-refractivity contribution in [3.63, 3.8) is 0 Å². The molecule has 5 nitrogen and oxygen atoms in total. The monoisotopic (exact) mass is 359 g/mol. The molecule has 0 aliphatic carbocycles. The summed E-state index contributed by atoms with van der Waals surface area (Å²) in [5.74, 6) is -0.265. The zero-order valence-electron chi connectivity index (χ0n) is 13.4. The van der Waals surface area contributed by atoms with Gasteiger partial charge in [0, 0.05) is 23.6 Å². The molecule has 7 heteroatoms. The quantitative estimate of drug-likeness (QED) is 0.732. The van der Waals surface area contributed by atoms with Gasteiger partial charge < -0.3 is 9.73 Å². The number of rotatable bonds is 5. The normalized spacial score (nSPS) is 10.7. The molecule has 0 saturated heterocycles. The van der Waals surface area contributed by atoms with Crippen LogP contribution in [-0.4, -0.2) is 16.1 Å². The van der Waals surface area contributed by atoms with Crippen LogP contribution in [0, 0.1) is 12.7 Å². The number of hydrogen-bond acceptors (Lipinski definition) is 4. The fourth-order valence-electron chi connectivity index (χ4n) is 2.26. The van der Waals surface area contributed by atoms with Crippen molar-refractivity contribution in [2.75, 3.05) is 5.32 Å². The van der Waals surface area contributed by atoms with E-state index in [9.17, 15) is 9.18 Å². The maximum absolute atomic E-state index is 13.7. The van der Waals surface area contributed by atoms with E-state index in [1.807, 2.05) is 13.0 Å². The topological polar surface area (TPSA) is 68.0 Å². The van der Waals surface area contributed by atoms with E-state index in [1.165, 1.54) is 6.07 Å². The molecule has 1 amide bonds. The van der Waals surface area contributed by atoms with Crippen molar-refractivity contribution >= 4 is 23.2 Å². The van der Waals surface area contributed by atoms with Gasteiger partial charge in [-0.15, -0.1) is 10.2 Å². The van der Waals surface area contributed by atoms with E-state index in [4.69, 9.17) is 16.0 Å². The Labute approximate surface area is 148 Å². The highest BCUT2D eigenvalue weighted by Crippen LogP contribution is 2.22. The molecular formula is C18H15ClFN3O2. The van der Waals surface area contributed by atoms with Crippen LogP contribution in [0.5, 0.6) is 0 Å². The molecule has 0 atom stereocenters. The van der Waals surface area contributed by atoms with Gasteiger partial charge in [-0.2, -0.15) is 0 Å². The highest BCUT2D eigenvalue weighted by Gasteiger charge is 2.14. The van der Waals surface area contributed by atoms with Crippen molar-refractivity contribution in [1.29, 1.82) is 0 Å². The lowest BCUT2D eigenvalue weighted by atomic mass is 10.2. The van der Waals surface area contributed by atoms with Crippen LogP contribution in [0.25, 0.3) is 11.5 Å². The van der Waals surface area contributed by atoms with Gasteiger partial charge in [0.25, 0.3) is 5.89 Å². The van der Waals surface area contributed by atoms with Crippen LogP contribution in [0.3, 0.4) is 0 Å². The lowest BCUT2D eigenvalue weighted by Gasteiger charge is -2.08. The van der Waals surface area contributed by atoms with E-state index in [-0.39, 0.29) is 36.1 Å². The van der Waals surface area contributed by atoms with Crippen molar-refractivity contribution in [2.45, 2.75) is 19.8 Å². The second-order valence-electron chi connectivity index (χ2n) is 5.49. The van der Waals surface area contributed by atoms with Gasteiger partial charge in [-0.1, -0.05) is 29.8 Å². The standard InChI is InChI=1S/C18H15ClFN3O2/c1-11-6-7-12(19)10-15(11)21-16(24)8-9-17-22-23-18(25-17)13-4-2-3-5-14(13)20/h2-7,10H,8-9H2,1H3,(H,21,24). The number of carbonyl (C=O) groups excluding carboxylic acids is 1. The lowest BCUT2D eigenvalue weighted by molar-refractivity contribution is -0.116. The first-order chi connectivity index (χ1) is 12.0. The number of hydrogen-bond donors (Lipinski definition) is 1. The molecular weight excluding hydrogens is 345 g/mol. The number of halogens is 2. The molecule has 0 fully saturated rings. The van der Waals surface area contributed by atoms with Crippen molar-refractivity contribution in [3.8, 4) is 11.5 Å². The summed E-state index contributed by atoms with van der Waals surface area (Å²) in [4.78, 5) is 12.1. The van der Waals surface area contributed by atoms with Crippen LogP contribution >= 0.6 is 11.6 Å². The fraction of sp³-hybridized carbons (Fsp3) is 0.167. The second kappa shape index (κ2) is 7.44. The molecule has 0 radical (unpaired) electrons. The number of aryl methyl sites for hydroxylation is 2. The summed E-state index contributed by atoms with van der Waals surface area (Å²) in [6.07, 6.45) is 0.414. The SMILES string of the molecule is Cc1ccc(Cl)cc1NC(=O)CCc1nnc(-c2ccccc2F)o1. The Hall–Kier alpha value is -2.73. The lowest BCUT2D eigenvalue weighted by Crippen LogP contribution is -2.13. The molecule has 0 bridgehead atoms. The fourth-order valence-corrected chi connectivity index (χ4v) is 2.43. The zero-order chi connectivity index (χ0) is 17.8. The Kier molecular flexibility index (Phi) is 5.09. The molecule has 0 unspecified atom stereocenters. The Morgan fingerprint density at radius 1 is 1.24 bits per heavy atom. The van der Waals surface area contributed by atoms with E-state index in [0.29, 0.717) is 10.7 Å². The van der Waals surface area contributed by atoms with Crippen molar-refractivity contribution in [1.82, 2.24) is 10.2 Å². The molecule has 3 rings (SSSR count). The summed E-state index contributed by atoms with van der Waals surface area (Å²) in [7, 11) is 0. The summed E-state index contributed by atoms with van der Waals surface area (Å²) in [6, 6.07) is 11.4. The third-order valence-electron chi connectivity index (χ3n) is 3.61. The van der Waals surface area contributed by atoms with Crippen LogP contribution < -0.4 is 5.32 Å². The summed E-state index contributed by atoms with van der Waals surface area (Å²) < 4.78 is 19.1. The Bertz CT molecular complexity index is 911. The highest BCUT2D eigenvalue weighted by molar-refractivity contribution is 6.31. The number of nitrogens with zero attached hydrogens (tertiary/aromatic N) is 2. The predicted molar refractivity (Wildman–Crippen MR) is 92.8 cm³/mol. The summed E-state index contributed by atoms with van der Waals surface area (Å²) >= 11 is 5.93. The first-order valence-electron chi connectivity index (χ1n) is 7.66. The van der Waals surface area contributed by atoms with Crippen LogP contribution in [0.4, 0.5) is 10.1 Å². The number of nitrogens with one attached hydrogen (secondary N) is 1. The average Bonchev–Trinajstić information content (AvgIpc) is 3.05. The number of anilines is 1. The largest absolute Gasteiger partial charge is 0.421 e. The predicted octanol–water partition coefficient (Wildman–Crippen LogP) is 4.41. The molecule has 128 valence electrons. The van der Waals surface area contributed by atoms with Crippen molar-refractivity contribution in [2.24, 2.45) is 0 Å². The van der Waals surface area contributed by atoms with Gasteiger partial charge in [0.15, 0.2) is 0 Å². The van der Waals surface area contributed by atoms with Gasteiger partial charge in [-0.3, -0.25) is 4.79 Å². The molecule has 1 heterocycles. The van der Waals surface area contributed by atoms with E-state index < -0.39 is 5.82 Å². The number of aromatic nitrogens is 2. The van der Waals surface area contributed by atoms with Gasteiger partial charge in [0.1, 0.15) is 5.82 Å². The number of carbonyl (C=O) groups is 1. The second-order valence-corrected chi connectivity index (χ2v) is 5.92. The number of amides is 1. The van der Waals surface area contributed by atoms with Gasteiger partial charge in [-0.05, 0) is 36.8 Å². The smallest absolute Gasteiger partial charge is 0.250 e. The van der Waals surface area contributed by atoms with Crippen LogP contribution in [0.2, 0.25) is 5.02 Å². The molecule has 25 heavy (non-hydrogen) atoms. The third-order valence-corrected chi connectivity index (χ3v) is 3.85. The molecule has 3 aromatic rings. The van der Waals surface area contributed by atoms with Crippen LogP contribution in [0.1, 0.15) is 17.9 Å². The maximum atomic E-state index is 13.7. The van der Waals surface area contributed by atoms with E-state index in [0.717, 1.165) is 5.56 Å². The minimum Gasteiger partial charge on any atom is -0.421 e. The zero-order valence-corrected chi connectivity index (χ0v) is 14.2. The minimum atomic E-state index is -0.438. The first kappa shape index (κ1) is 17.1. The van der Waals surface area contributed by atoms with Crippen molar-refractivity contribution < 1.29 is 13.6 Å². The Morgan fingerprint density at radius 3 is 2.84 bits per heavy atom. The van der Waals surface area contributed by atoms with Gasteiger partial charge in [-0.25, -0.2) is 4.39 Å². The van der Waals surface area contributed by atoms with E-state index >= 15 is 0 Å². The molecule has 1 N–H and O–H groups in total. The molecule has 0 aliphatic rings. The van der Waals surface area contributed by atoms with Crippen LogP contribution in [-0.2, 0) is 11.2 Å². The highest BCUT2D eigenvalue weighted by atomic mass is 35.5. The van der Waals surface area contributed by atoms with Gasteiger partial charge in [0.05, 0.1) is 5.56 Å². The third kappa shape index (κ3) is 4.22. The molecule has 0 aliphatic heterocycles. The number of benzene rings is 2. The Morgan fingerprint density at radius 2 is 2.04 bits per heavy atom. The van der Waals surface area contributed by atoms with Gasteiger partial charge >= 0.3 is 0 Å². The summed E-state index contributed by atoms with van der Waals surface area (Å²) in [5.41, 5.74) is 1.81. The van der Waals surface area contributed by atoms with E-state index in [2.05, 4.69) is 15.5 Å². The molecule has 0 spiro atoms. The first-order valence-corrected chi connectivity index (χ1v) is 8.04. The van der Waals surface area contributed by atoms with Gasteiger partial charge in [0.2, 0.25) is 11.8 Å². The molecule has 0 saturated carbocycles. The van der Waals surface area contributed by atoms with Crippen LogP contribution in [0.15, 0.2) is 46.9 Å².